The second kappa shape index (κ2) is 7.66. The minimum Gasteiger partial charge on any atom is -0.389 e. The molecular weight excluding hydrogens is 308 g/mol. The van der Waals surface area contributed by atoms with Gasteiger partial charge in [-0.1, -0.05) is 0 Å². The Morgan fingerprint density at radius 2 is 1.65 bits per heavy atom. The summed E-state index contributed by atoms with van der Waals surface area (Å²) in [5, 5.41) is 42.8. The highest BCUT2D eigenvalue weighted by Gasteiger charge is 2.47. The van der Waals surface area contributed by atoms with Gasteiger partial charge in [0.25, 0.3) is 0 Å². The summed E-state index contributed by atoms with van der Waals surface area (Å²) in [4.78, 5) is 0. The topological polar surface area (TPSA) is 189 Å². The molecule has 10 nitrogen and oxygen atoms in total. The smallest absolute Gasteiger partial charge is 0.176 e. The number of nitrogens with one attached hydrogen (secondary N) is 1. The lowest BCUT2D eigenvalue weighted by Gasteiger charge is -2.45. The standard InChI is InChI=1S/C13H28N4O6/c1-17-3-6-9(19)10(20)7(16)13(22-6)23-12-5(15)2-4(14)8(18)11(12)21/h4-13,17-21H,2-3,14-16H2,1H3. The van der Waals surface area contributed by atoms with Crippen molar-refractivity contribution in [2.24, 2.45) is 17.2 Å². The molecule has 10 unspecified atom stereocenters. The maximum absolute atomic E-state index is 10.1. The lowest BCUT2D eigenvalue weighted by atomic mass is 9.84. The fourth-order valence-corrected chi connectivity index (χ4v) is 3.07. The molecule has 11 N–H and O–H groups in total. The molecule has 10 heteroatoms. The SMILES string of the molecule is CNCC1OC(OC2C(N)CC(N)C(O)C2O)C(N)C(O)C1O. The first-order valence-electron chi connectivity index (χ1n) is 7.72. The highest BCUT2D eigenvalue weighted by molar-refractivity contribution is 4.99. The summed E-state index contributed by atoms with van der Waals surface area (Å²) >= 11 is 0. The third-order valence-corrected chi connectivity index (χ3v) is 4.54. The van der Waals surface area contributed by atoms with Gasteiger partial charge in [-0.2, -0.15) is 0 Å². The van der Waals surface area contributed by atoms with Crippen LogP contribution in [0.1, 0.15) is 6.42 Å². The molecule has 2 fully saturated rings. The van der Waals surface area contributed by atoms with Gasteiger partial charge in [0, 0.05) is 18.6 Å². The normalized spacial score (nSPS) is 51.7. The number of aliphatic hydroxyl groups excluding tert-OH is 4. The zero-order chi connectivity index (χ0) is 17.3. The van der Waals surface area contributed by atoms with Crippen LogP contribution in [0.3, 0.4) is 0 Å². The Kier molecular flexibility index (Phi) is 6.30. The molecular formula is C13H28N4O6. The number of ether oxygens (including phenoxy) is 2. The van der Waals surface area contributed by atoms with E-state index in [-0.39, 0.29) is 13.0 Å². The first kappa shape index (κ1) is 18.9. The molecule has 0 aromatic rings. The Bertz CT molecular complexity index is 391. The van der Waals surface area contributed by atoms with Crippen molar-refractivity contribution < 1.29 is 29.9 Å². The van der Waals surface area contributed by atoms with Crippen LogP contribution in [0.5, 0.6) is 0 Å². The van der Waals surface area contributed by atoms with Crippen LogP contribution in [0.2, 0.25) is 0 Å². The second-order valence-electron chi connectivity index (χ2n) is 6.30. The minimum absolute atomic E-state index is 0.260. The first-order chi connectivity index (χ1) is 10.8. The van der Waals surface area contributed by atoms with Crippen molar-refractivity contribution in [2.45, 2.75) is 67.5 Å². The largest absolute Gasteiger partial charge is 0.389 e. The van der Waals surface area contributed by atoms with E-state index in [0.29, 0.717) is 0 Å². The molecule has 136 valence electrons. The Morgan fingerprint density at radius 1 is 1.00 bits per heavy atom. The Balaban J connectivity index is 2.08. The minimum atomic E-state index is -1.30. The molecule has 1 aliphatic carbocycles. The highest BCUT2D eigenvalue weighted by atomic mass is 16.7. The Labute approximate surface area is 134 Å². The number of nitrogens with two attached hydrogens (primary N) is 3. The van der Waals surface area contributed by atoms with Gasteiger partial charge in [0.15, 0.2) is 6.29 Å². The Hall–Kier alpha value is -0.400. The van der Waals surface area contributed by atoms with E-state index < -0.39 is 61.0 Å². The van der Waals surface area contributed by atoms with E-state index >= 15 is 0 Å². The van der Waals surface area contributed by atoms with Crippen LogP contribution in [0.15, 0.2) is 0 Å². The fraction of sp³-hybridized carbons (Fsp3) is 1.00. The third-order valence-electron chi connectivity index (χ3n) is 4.54. The molecule has 0 aromatic carbocycles. The number of hydrogen-bond acceptors (Lipinski definition) is 10. The predicted octanol–water partition coefficient (Wildman–Crippen LogP) is -4.85. The molecule has 2 rings (SSSR count). The van der Waals surface area contributed by atoms with Crippen molar-refractivity contribution in [1.29, 1.82) is 0 Å². The molecule has 0 bridgehead atoms. The van der Waals surface area contributed by atoms with E-state index in [1.807, 2.05) is 0 Å². The van der Waals surface area contributed by atoms with Gasteiger partial charge < -0.3 is 52.4 Å². The number of rotatable bonds is 4. The van der Waals surface area contributed by atoms with Crippen molar-refractivity contribution in [3.63, 3.8) is 0 Å². The van der Waals surface area contributed by atoms with Crippen molar-refractivity contribution in [3.8, 4) is 0 Å². The van der Waals surface area contributed by atoms with Crippen LogP contribution in [0.4, 0.5) is 0 Å². The first-order valence-corrected chi connectivity index (χ1v) is 7.72. The van der Waals surface area contributed by atoms with Gasteiger partial charge in [-0.3, -0.25) is 0 Å². The van der Waals surface area contributed by atoms with Crippen LogP contribution in [-0.2, 0) is 9.47 Å². The highest BCUT2D eigenvalue weighted by Crippen LogP contribution is 2.27. The average Bonchev–Trinajstić information content (AvgIpc) is 2.51. The summed E-state index contributed by atoms with van der Waals surface area (Å²) in [5.41, 5.74) is 17.5. The maximum Gasteiger partial charge on any atom is 0.176 e. The van der Waals surface area contributed by atoms with Crippen LogP contribution in [-0.4, -0.2) is 95.1 Å². The second-order valence-corrected chi connectivity index (χ2v) is 6.30. The molecule has 1 heterocycles. The number of likely N-dealkylation sites (N-methyl/N-ethyl adjacent to an activating group) is 1. The van der Waals surface area contributed by atoms with Crippen molar-refractivity contribution in [2.75, 3.05) is 13.6 Å². The molecule has 0 spiro atoms. The summed E-state index contributed by atoms with van der Waals surface area (Å²) in [7, 11) is 1.67. The predicted molar refractivity (Wildman–Crippen MR) is 80.0 cm³/mol. The van der Waals surface area contributed by atoms with Gasteiger partial charge in [-0.15, -0.1) is 0 Å². The molecule has 1 saturated carbocycles. The van der Waals surface area contributed by atoms with E-state index in [0.717, 1.165) is 0 Å². The molecule has 1 saturated heterocycles. The van der Waals surface area contributed by atoms with Crippen molar-refractivity contribution in [1.82, 2.24) is 5.32 Å². The van der Waals surface area contributed by atoms with Gasteiger partial charge in [0.05, 0.1) is 12.1 Å². The van der Waals surface area contributed by atoms with E-state index in [9.17, 15) is 20.4 Å². The fourth-order valence-electron chi connectivity index (χ4n) is 3.07. The van der Waals surface area contributed by atoms with Crippen LogP contribution < -0.4 is 22.5 Å². The van der Waals surface area contributed by atoms with E-state index in [1.165, 1.54) is 0 Å². The number of hydrogen-bond donors (Lipinski definition) is 8. The molecule has 23 heavy (non-hydrogen) atoms. The maximum atomic E-state index is 10.1. The summed E-state index contributed by atoms with van der Waals surface area (Å²) < 4.78 is 11.2. The molecule has 10 atom stereocenters. The Morgan fingerprint density at radius 3 is 2.26 bits per heavy atom. The summed E-state index contributed by atoms with van der Waals surface area (Å²) in [6.45, 7) is 0.275. The summed E-state index contributed by atoms with van der Waals surface area (Å²) in [5.74, 6) is 0. The molecule has 0 amide bonds. The molecule has 2 aliphatic rings. The average molecular weight is 336 g/mol. The van der Waals surface area contributed by atoms with E-state index in [4.69, 9.17) is 26.7 Å². The molecule has 0 radical (unpaired) electrons. The lowest BCUT2D eigenvalue weighted by molar-refractivity contribution is -0.288. The van der Waals surface area contributed by atoms with Crippen molar-refractivity contribution >= 4 is 0 Å². The lowest BCUT2D eigenvalue weighted by Crippen LogP contribution is -2.67. The van der Waals surface area contributed by atoms with E-state index in [2.05, 4.69) is 5.32 Å². The van der Waals surface area contributed by atoms with E-state index in [1.54, 1.807) is 7.05 Å². The van der Waals surface area contributed by atoms with Crippen LogP contribution in [0, 0.1) is 0 Å². The van der Waals surface area contributed by atoms with Gasteiger partial charge >= 0.3 is 0 Å². The van der Waals surface area contributed by atoms with Crippen LogP contribution in [0.25, 0.3) is 0 Å². The number of aliphatic hydroxyl groups is 4. The van der Waals surface area contributed by atoms with Crippen LogP contribution >= 0.6 is 0 Å². The zero-order valence-electron chi connectivity index (χ0n) is 13.0. The monoisotopic (exact) mass is 336 g/mol. The molecule has 1 aliphatic heterocycles. The summed E-state index contributed by atoms with van der Waals surface area (Å²) in [6, 6.07) is -2.29. The zero-order valence-corrected chi connectivity index (χ0v) is 13.0. The quantitative estimate of drug-likeness (QED) is 0.247. The third kappa shape index (κ3) is 3.82. The van der Waals surface area contributed by atoms with Crippen molar-refractivity contribution in [3.05, 3.63) is 0 Å². The van der Waals surface area contributed by atoms with Gasteiger partial charge in [0.1, 0.15) is 30.5 Å². The van der Waals surface area contributed by atoms with Gasteiger partial charge in [-0.25, -0.2) is 0 Å². The van der Waals surface area contributed by atoms with Gasteiger partial charge in [-0.05, 0) is 13.5 Å². The molecule has 0 aromatic heterocycles. The summed E-state index contributed by atoms with van der Waals surface area (Å²) in [6.07, 6.45) is -7.39. The van der Waals surface area contributed by atoms with Gasteiger partial charge in [0.2, 0.25) is 0 Å².